The van der Waals surface area contributed by atoms with Gasteiger partial charge in [0, 0.05) is 0 Å². The van der Waals surface area contributed by atoms with Crippen LogP contribution in [-0.2, 0) is 34.9 Å². The van der Waals surface area contributed by atoms with Gasteiger partial charge < -0.3 is 0 Å². The molecule has 2 aromatic rings. The Kier molecular flexibility index (Phi) is 11.6. The molecule has 0 bridgehead atoms. The van der Waals surface area contributed by atoms with Gasteiger partial charge in [-0.05, 0) is 0 Å². The molecule has 41 heavy (non-hydrogen) atoms. The molecule has 9 nitrogen and oxygen atoms in total. The summed E-state index contributed by atoms with van der Waals surface area (Å²) in [7, 11) is -1.67. The number of nitrogens with one attached hydrogen (secondary N) is 1. The van der Waals surface area contributed by atoms with Crippen LogP contribution in [0.25, 0.3) is 0 Å². The van der Waals surface area contributed by atoms with E-state index in [-0.39, 0.29) is 38.7 Å². The zero-order valence-electron chi connectivity index (χ0n) is 25.0. The molecule has 0 aliphatic carbocycles. The number of para-hydroxylation sites is 2. The molecule has 3 rings (SSSR count). The molecule has 0 unspecified atom stereocenters. The van der Waals surface area contributed by atoms with Crippen LogP contribution in [0.4, 0.5) is 11.4 Å². The number of esters is 1. The summed E-state index contributed by atoms with van der Waals surface area (Å²) < 4.78 is 23.3. The number of fused-ring (bicyclic) bond motifs is 1. The van der Waals surface area contributed by atoms with Gasteiger partial charge in [-0.25, -0.2) is 0 Å². The van der Waals surface area contributed by atoms with E-state index in [1.807, 2.05) is 30.3 Å². The van der Waals surface area contributed by atoms with Crippen molar-refractivity contribution >= 4 is 44.6 Å². The number of benzene rings is 2. The number of hydrogen-bond acceptors (Lipinski definition) is 7. The normalized spacial score (nSPS) is 15.6. The van der Waals surface area contributed by atoms with Crippen LogP contribution >= 0.6 is 0 Å². The summed E-state index contributed by atoms with van der Waals surface area (Å²) in [6, 6.07) is 15.4. The Balaban J connectivity index is 1.91. The molecule has 0 spiro atoms. The average molecular weight is 580 g/mol. The maximum atomic E-state index is 13.8. The van der Waals surface area contributed by atoms with Crippen molar-refractivity contribution in [1.82, 2.24) is 5.32 Å². The van der Waals surface area contributed by atoms with Crippen LogP contribution < -0.4 is 15.1 Å². The second-order valence-electron chi connectivity index (χ2n) is 11.3. The number of ether oxygens (including phenoxy) is 1. The monoisotopic (exact) mass is 579 g/mol. The summed E-state index contributed by atoms with van der Waals surface area (Å²) in [4.78, 5) is 43.4. The molecule has 0 saturated carbocycles. The van der Waals surface area contributed by atoms with Gasteiger partial charge in [0.2, 0.25) is 0 Å². The summed E-state index contributed by atoms with van der Waals surface area (Å²) in [5, 5.41) is 2.93. The summed E-state index contributed by atoms with van der Waals surface area (Å²) in [5.41, 5.74) is 2.63. The Hall–Kier alpha value is -3.15. The van der Waals surface area contributed by atoms with Crippen molar-refractivity contribution in [3.05, 3.63) is 60.2 Å². The fourth-order valence-electron chi connectivity index (χ4n) is 6.01. The van der Waals surface area contributed by atoms with E-state index in [0.717, 1.165) is 5.56 Å². The molecule has 220 valence electrons. The van der Waals surface area contributed by atoms with Gasteiger partial charge in [-0.3, -0.25) is 0 Å². The molecule has 1 atom stereocenters. The maximum absolute atomic E-state index is 13.8. The van der Waals surface area contributed by atoms with Gasteiger partial charge in [-0.1, -0.05) is 6.07 Å². The third-order valence-corrected chi connectivity index (χ3v) is 13.9. The van der Waals surface area contributed by atoms with E-state index in [1.54, 1.807) is 24.3 Å². The van der Waals surface area contributed by atoms with Crippen LogP contribution in [0.2, 0.25) is 16.6 Å². The van der Waals surface area contributed by atoms with Crippen LogP contribution in [0.3, 0.4) is 0 Å². The molecule has 1 N–H and O–H groups in total. The van der Waals surface area contributed by atoms with Gasteiger partial charge in [0.15, 0.2) is 0 Å². The predicted octanol–water partition coefficient (Wildman–Crippen LogP) is 4.27. The predicted molar refractivity (Wildman–Crippen MR) is 163 cm³/mol. The molecule has 1 heterocycles. The number of amides is 2. The zero-order chi connectivity index (χ0) is 30.2. The average Bonchev–Trinajstić information content (AvgIpc) is 3.05. The second-order valence-corrected chi connectivity index (χ2v) is 16.8. The van der Waals surface area contributed by atoms with Crippen LogP contribution in [-0.4, -0.2) is 65.4 Å². The first-order chi connectivity index (χ1) is 19.5. The van der Waals surface area contributed by atoms with Crippen LogP contribution in [0.1, 0.15) is 47.1 Å². The number of carbonyl (C=O) groups excluding carboxylic acids is 3. The third-order valence-electron chi connectivity index (χ3n) is 7.82. The van der Waals surface area contributed by atoms with E-state index in [4.69, 9.17) is 9.16 Å². The Labute approximate surface area is 245 Å². The van der Waals surface area contributed by atoms with E-state index in [1.165, 1.54) is 9.80 Å². The molecule has 1 aliphatic heterocycles. The number of rotatable bonds is 13. The summed E-state index contributed by atoms with van der Waals surface area (Å²) in [5.74, 6) is -1.30. The molecule has 2 amide bonds. The van der Waals surface area contributed by atoms with Gasteiger partial charge in [0.25, 0.3) is 0 Å². The van der Waals surface area contributed by atoms with Crippen molar-refractivity contribution in [2.24, 2.45) is 0 Å². The number of carbonyl (C=O) groups is 3. The molecule has 0 saturated heterocycles. The zero-order valence-corrected chi connectivity index (χ0v) is 26.0. The van der Waals surface area contributed by atoms with Gasteiger partial charge in [-0.15, -0.1) is 0 Å². The van der Waals surface area contributed by atoms with Crippen molar-refractivity contribution in [3.63, 3.8) is 0 Å². The van der Waals surface area contributed by atoms with Crippen LogP contribution in [0.5, 0.6) is 0 Å². The summed E-state index contributed by atoms with van der Waals surface area (Å²) >= 11 is 0. The standard InChI is InChI=1S/C30H42BN3O6Si/c1-21(2)41(22(3)4,23(5)6)40-19-28(35)33-16-25(32-20-31-38)30(37)34(27-15-11-10-14-26(27)33)17-29(36)39-18-24-12-8-7-9-13-24/h7-15,21-23,25,32H,16-20H2,1-6H3/t25-/m0/s1. The first kappa shape index (κ1) is 32.4. The summed E-state index contributed by atoms with van der Waals surface area (Å²) in [6.45, 7) is 12.5. The Morgan fingerprint density at radius 3 is 2.12 bits per heavy atom. The minimum atomic E-state index is -2.33. The Morgan fingerprint density at radius 1 is 0.951 bits per heavy atom. The first-order valence-electron chi connectivity index (χ1n) is 14.2. The molecule has 2 aromatic carbocycles. The topological polar surface area (TPSA) is 105 Å². The Morgan fingerprint density at radius 2 is 1.54 bits per heavy atom. The van der Waals surface area contributed by atoms with E-state index in [2.05, 4.69) is 46.9 Å². The van der Waals surface area contributed by atoms with Gasteiger partial charge in [0.1, 0.15) is 0 Å². The minimum absolute atomic E-state index is 0.0129. The van der Waals surface area contributed by atoms with Crippen molar-refractivity contribution in [2.45, 2.75) is 70.8 Å². The molecule has 11 heteroatoms. The quantitative estimate of drug-likeness (QED) is 0.279. The van der Waals surface area contributed by atoms with E-state index in [9.17, 15) is 19.1 Å². The second kappa shape index (κ2) is 14.7. The van der Waals surface area contributed by atoms with E-state index >= 15 is 0 Å². The van der Waals surface area contributed by atoms with Crippen molar-refractivity contribution in [2.75, 3.05) is 35.9 Å². The molecule has 0 aromatic heterocycles. The molecule has 0 fully saturated rings. The van der Waals surface area contributed by atoms with E-state index in [0.29, 0.717) is 35.1 Å². The molecular weight excluding hydrogens is 537 g/mol. The molecule has 1 aliphatic rings. The molecular formula is C30H42BN3O6Si. The van der Waals surface area contributed by atoms with Crippen LogP contribution in [0, 0.1) is 0 Å². The fraction of sp³-hybridized carbons (Fsp3) is 0.500. The van der Waals surface area contributed by atoms with Crippen molar-refractivity contribution in [3.8, 4) is 0 Å². The summed E-state index contributed by atoms with van der Waals surface area (Å²) in [6.07, 6.45) is -0.0817. The SMILES string of the molecule is CC(C)[Si](OCC(=O)N1C[C@H](NCB=O)C(=O)N(CC(=O)OCc2ccccc2)c2ccccc21)(C(C)C)C(C)C. The van der Waals surface area contributed by atoms with Crippen molar-refractivity contribution in [1.29, 1.82) is 0 Å². The van der Waals surface area contributed by atoms with E-state index < -0.39 is 26.2 Å². The number of anilines is 2. The number of hydrogen-bond donors (Lipinski definition) is 1. The first-order valence-corrected chi connectivity index (χ1v) is 16.4. The van der Waals surface area contributed by atoms with Gasteiger partial charge in [0.05, 0.1) is 0 Å². The van der Waals surface area contributed by atoms with Crippen LogP contribution in [0.15, 0.2) is 54.6 Å². The fourth-order valence-corrected chi connectivity index (χ4v) is 11.4. The molecule has 0 radical (unpaired) electrons. The van der Waals surface area contributed by atoms with Gasteiger partial charge in [-0.2, -0.15) is 0 Å². The van der Waals surface area contributed by atoms with Crippen molar-refractivity contribution < 1.29 is 28.3 Å². The Bertz CT molecular complexity index is 1190. The number of nitrogens with zero attached hydrogens (tertiary/aromatic N) is 2. The third kappa shape index (κ3) is 7.58. The van der Waals surface area contributed by atoms with Gasteiger partial charge >= 0.3 is 239 Å².